The number of thioether (sulfide) groups is 1. The van der Waals surface area contributed by atoms with Gasteiger partial charge in [-0.25, -0.2) is 0 Å². The second kappa shape index (κ2) is 6.44. The van der Waals surface area contributed by atoms with Crippen LogP contribution < -0.4 is 5.32 Å². The summed E-state index contributed by atoms with van der Waals surface area (Å²) in [4.78, 5) is 2.69. The number of piperazine rings is 1. The van der Waals surface area contributed by atoms with Crippen molar-refractivity contribution in [2.75, 3.05) is 31.1 Å². The highest BCUT2D eigenvalue weighted by atomic mass is 32.2. The molecule has 2 nitrogen and oxygen atoms in total. The Kier molecular flexibility index (Phi) is 5.81. The van der Waals surface area contributed by atoms with Crippen molar-refractivity contribution in [3.05, 3.63) is 0 Å². The van der Waals surface area contributed by atoms with Crippen molar-refractivity contribution in [3.8, 4) is 0 Å². The minimum absolute atomic E-state index is 0.308. The van der Waals surface area contributed by atoms with E-state index in [4.69, 9.17) is 0 Å². The average Bonchev–Trinajstić information content (AvgIpc) is 2.32. The number of nitrogens with one attached hydrogen (secondary N) is 1. The van der Waals surface area contributed by atoms with Crippen LogP contribution in [-0.2, 0) is 0 Å². The topological polar surface area (TPSA) is 15.3 Å². The molecule has 1 aliphatic heterocycles. The molecule has 1 heterocycles. The Hall–Kier alpha value is 0.270. The third-order valence-corrected chi connectivity index (χ3v) is 5.19. The number of nitrogens with zero attached hydrogens (tertiary/aromatic N) is 1. The molecule has 0 bridgehead atoms. The van der Waals surface area contributed by atoms with Gasteiger partial charge in [0, 0.05) is 36.5 Å². The van der Waals surface area contributed by atoms with Crippen LogP contribution in [0.5, 0.6) is 0 Å². The average molecular weight is 258 g/mol. The van der Waals surface area contributed by atoms with Crippen LogP contribution in [0.3, 0.4) is 0 Å². The van der Waals surface area contributed by atoms with Crippen molar-refractivity contribution in [1.29, 1.82) is 0 Å². The molecule has 0 aliphatic carbocycles. The summed E-state index contributed by atoms with van der Waals surface area (Å²) in [5, 5.41) is 3.79. The molecular formula is C14H30N2S. The van der Waals surface area contributed by atoms with E-state index in [9.17, 15) is 0 Å². The first-order valence-corrected chi connectivity index (χ1v) is 8.23. The van der Waals surface area contributed by atoms with Gasteiger partial charge in [0.2, 0.25) is 0 Å². The fourth-order valence-corrected chi connectivity index (χ4v) is 3.21. The summed E-state index contributed by atoms with van der Waals surface area (Å²) in [5.74, 6) is 2.50. The summed E-state index contributed by atoms with van der Waals surface area (Å²) in [7, 11) is 0. The monoisotopic (exact) mass is 258 g/mol. The second-order valence-corrected chi connectivity index (χ2v) is 7.17. The Labute approximate surface area is 112 Å². The summed E-state index contributed by atoms with van der Waals surface area (Å²) >= 11 is 2.06. The van der Waals surface area contributed by atoms with Crippen LogP contribution in [0.4, 0.5) is 0 Å². The smallest absolute Gasteiger partial charge is 0.0304 e. The molecule has 0 aromatic heterocycles. The molecule has 1 saturated heterocycles. The standard InChI is InChI=1S/C14H30N2S/c1-6-14(7-2)12-16(9-10-17-8-3)13(4,5)11-15-14/h15H,6-12H2,1-5H3. The lowest BCUT2D eigenvalue weighted by Crippen LogP contribution is -2.68. The van der Waals surface area contributed by atoms with E-state index in [0.717, 1.165) is 6.54 Å². The molecule has 0 aromatic carbocycles. The van der Waals surface area contributed by atoms with Crippen LogP contribution in [0.1, 0.15) is 47.5 Å². The van der Waals surface area contributed by atoms with Crippen molar-refractivity contribution in [3.63, 3.8) is 0 Å². The van der Waals surface area contributed by atoms with Crippen LogP contribution in [0.2, 0.25) is 0 Å². The maximum Gasteiger partial charge on any atom is 0.0304 e. The predicted octanol–water partition coefficient (Wildman–Crippen LogP) is 2.98. The lowest BCUT2D eigenvalue weighted by Gasteiger charge is -2.52. The van der Waals surface area contributed by atoms with E-state index in [2.05, 4.69) is 56.6 Å². The van der Waals surface area contributed by atoms with Crippen molar-refractivity contribution >= 4 is 11.8 Å². The van der Waals surface area contributed by atoms with Gasteiger partial charge >= 0.3 is 0 Å². The molecular weight excluding hydrogens is 228 g/mol. The molecule has 1 N–H and O–H groups in total. The first kappa shape index (κ1) is 15.3. The van der Waals surface area contributed by atoms with Crippen LogP contribution in [0.15, 0.2) is 0 Å². The molecule has 0 aromatic rings. The normalized spacial score (nSPS) is 23.8. The molecule has 0 atom stereocenters. The Morgan fingerprint density at radius 2 is 1.82 bits per heavy atom. The summed E-state index contributed by atoms with van der Waals surface area (Å²) in [6, 6.07) is 0. The van der Waals surface area contributed by atoms with E-state index in [0.29, 0.717) is 11.1 Å². The van der Waals surface area contributed by atoms with Crippen molar-refractivity contribution in [2.24, 2.45) is 0 Å². The highest BCUT2D eigenvalue weighted by Crippen LogP contribution is 2.28. The van der Waals surface area contributed by atoms with E-state index in [-0.39, 0.29) is 0 Å². The zero-order valence-corrected chi connectivity index (χ0v) is 13.1. The molecule has 3 heteroatoms. The van der Waals surface area contributed by atoms with Crippen LogP contribution in [0, 0.1) is 0 Å². The van der Waals surface area contributed by atoms with Crippen LogP contribution in [-0.4, -0.2) is 47.1 Å². The van der Waals surface area contributed by atoms with Crippen molar-refractivity contribution < 1.29 is 0 Å². The fraction of sp³-hybridized carbons (Fsp3) is 1.00. The molecule has 0 amide bonds. The van der Waals surface area contributed by atoms with Gasteiger partial charge in [-0.2, -0.15) is 11.8 Å². The fourth-order valence-electron chi connectivity index (χ4n) is 2.58. The summed E-state index contributed by atoms with van der Waals surface area (Å²) in [6.45, 7) is 15.2. The zero-order valence-electron chi connectivity index (χ0n) is 12.3. The zero-order chi connectivity index (χ0) is 12.9. The SMILES string of the molecule is CCSCCN1CC(CC)(CC)NCC1(C)C. The van der Waals surface area contributed by atoms with Gasteiger partial charge in [0.05, 0.1) is 0 Å². The Bertz CT molecular complexity index is 224. The molecule has 1 rings (SSSR count). The summed E-state index contributed by atoms with van der Waals surface area (Å²) < 4.78 is 0. The van der Waals surface area contributed by atoms with Gasteiger partial charge in [-0.3, -0.25) is 4.90 Å². The van der Waals surface area contributed by atoms with Crippen molar-refractivity contribution in [1.82, 2.24) is 10.2 Å². The Balaban J connectivity index is 2.62. The number of hydrogen-bond acceptors (Lipinski definition) is 3. The molecule has 1 fully saturated rings. The van der Waals surface area contributed by atoms with Crippen LogP contribution >= 0.6 is 11.8 Å². The summed E-state index contributed by atoms with van der Waals surface area (Å²) in [6.07, 6.45) is 2.47. The third kappa shape index (κ3) is 3.87. The maximum absolute atomic E-state index is 3.79. The largest absolute Gasteiger partial charge is 0.308 e. The van der Waals surface area contributed by atoms with Gasteiger partial charge in [0.25, 0.3) is 0 Å². The number of rotatable bonds is 6. The molecule has 0 saturated carbocycles. The van der Waals surface area contributed by atoms with Crippen LogP contribution in [0.25, 0.3) is 0 Å². The van der Waals surface area contributed by atoms with E-state index < -0.39 is 0 Å². The second-order valence-electron chi connectivity index (χ2n) is 5.77. The minimum Gasteiger partial charge on any atom is -0.308 e. The molecule has 0 spiro atoms. The summed E-state index contributed by atoms with van der Waals surface area (Å²) in [5.41, 5.74) is 0.661. The van der Waals surface area contributed by atoms with Gasteiger partial charge < -0.3 is 5.32 Å². The molecule has 0 unspecified atom stereocenters. The lowest BCUT2D eigenvalue weighted by molar-refractivity contribution is 0.0279. The highest BCUT2D eigenvalue weighted by molar-refractivity contribution is 7.99. The quantitative estimate of drug-likeness (QED) is 0.737. The van der Waals surface area contributed by atoms with E-state index in [1.165, 1.54) is 37.4 Å². The van der Waals surface area contributed by atoms with Gasteiger partial charge in [0.15, 0.2) is 0 Å². The first-order valence-electron chi connectivity index (χ1n) is 7.07. The maximum atomic E-state index is 3.79. The Morgan fingerprint density at radius 1 is 1.18 bits per heavy atom. The minimum atomic E-state index is 0.308. The molecule has 1 aliphatic rings. The van der Waals surface area contributed by atoms with Gasteiger partial charge in [-0.05, 0) is 32.4 Å². The van der Waals surface area contributed by atoms with Gasteiger partial charge in [0.1, 0.15) is 0 Å². The van der Waals surface area contributed by atoms with Gasteiger partial charge in [-0.15, -0.1) is 0 Å². The lowest BCUT2D eigenvalue weighted by atomic mass is 9.85. The first-order chi connectivity index (χ1) is 7.99. The van der Waals surface area contributed by atoms with E-state index in [1.54, 1.807) is 0 Å². The predicted molar refractivity (Wildman–Crippen MR) is 80.0 cm³/mol. The van der Waals surface area contributed by atoms with E-state index in [1.807, 2.05) is 0 Å². The molecule has 17 heavy (non-hydrogen) atoms. The molecule has 102 valence electrons. The highest BCUT2D eigenvalue weighted by Gasteiger charge is 2.40. The van der Waals surface area contributed by atoms with Gasteiger partial charge in [-0.1, -0.05) is 20.8 Å². The third-order valence-electron chi connectivity index (χ3n) is 4.31. The molecule has 0 radical (unpaired) electrons. The Morgan fingerprint density at radius 3 is 2.35 bits per heavy atom. The van der Waals surface area contributed by atoms with Crippen molar-refractivity contribution in [2.45, 2.75) is 58.5 Å². The number of hydrogen-bond donors (Lipinski definition) is 1. The van der Waals surface area contributed by atoms with E-state index >= 15 is 0 Å².